The molecule has 4 heteroatoms. The quantitative estimate of drug-likeness (QED) is 0.449. The Labute approximate surface area is 116 Å². The summed E-state index contributed by atoms with van der Waals surface area (Å²) in [7, 11) is 0. The molecule has 2 N–H and O–H groups in total. The van der Waals surface area contributed by atoms with Gasteiger partial charge in [0, 0.05) is 26.2 Å². The Morgan fingerprint density at radius 3 is 2.61 bits per heavy atom. The molecule has 0 aliphatic carbocycles. The highest BCUT2D eigenvalue weighted by Gasteiger charge is 1.95. The van der Waals surface area contributed by atoms with Gasteiger partial charge in [-0.25, -0.2) is 0 Å². The second-order valence-electron chi connectivity index (χ2n) is 4.00. The maximum absolute atomic E-state index is 5.86. The van der Waals surface area contributed by atoms with E-state index < -0.39 is 0 Å². The molecule has 0 fully saturated rings. The summed E-state index contributed by atoms with van der Waals surface area (Å²) in [6, 6.07) is 10.2. The van der Waals surface area contributed by atoms with Crippen LogP contribution in [0.25, 0.3) is 0 Å². The van der Waals surface area contributed by atoms with Crippen molar-refractivity contribution in [3.63, 3.8) is 0 Å². The average molecular weight is 271 g/mol. The lowest BCUT2D eigenvalue weighted by molar-refractivity contribution is 0.134. The first-order valence-electron chi connectivity index (χ1n) is 6.23. The van der Waals surface area contributed by atoms with Gasteiger partial charge in [0.2, 0.25) is 0 Å². The molecular formula is C14H23ClN2O. The molecular weight excluding hydrogens is 248 g/mol. The maximum atomic E-state index is 5.86. The lowest BCUT2D eigenvalue weighted by Crippen LogP contribution is -2.15. The van der Waals surface area contributed by atoms with Crippen LogP contribution in [-0.4, -0.2) is 25.6 Å². The summed E-state index contributed by atoms with van der Waals surface area (Å²) in [5.74, 6) is 0.701. The van der Waals surface area contributed by atoms with E-state index in [2.05, 4.69) is 24.0 Å². The zero-order chi connectivity index (χ0) is 12.3. The Morgan fingerprint density at radius 1 is 1.22 bits per heavy atom. The number of benzene rings is 1. The van der Waals surface area contributed by atoms with Crippen molar-refractivity contribution in [3.8, 4) is 0 Å². The number of nitrogens with two attached hydrogens (primary N) is 1. The Hall–Kier alpha value is -1.06. The van der Waals surface area contributed by atoms with Crippen LogP contribution in [0.15, 0.2) is 35.3 Å². The highest BCUT2D eigenvalue weighted by atomic mass is 35.5. The van der Waals surface area contributed by atoms with Crippen LogP contribution in [0.4, 0.5) is 0 Å². The van der Waals surface area contributed by atoms with Crippen LogP contribution in [0.1, 0.15) is 25.3 Å². The highest BCUT2D eigenvalue weighted by molar-refractivity contribution is 5.85. The molecule has 0 amide bonds. The van der Waals surface area contributed by atoms with Gasteiger partial charge in [0.05, 0.1) is 5.84 Å². The Balaban J connectivity index is 0.00000289. The molecule has 0 saturated carbocycles. The molecule has 18 heavy (non-hydrogen) atoms. The van der Waals surface area contributed by atoms with Crippen molar-refractivity contribution in [2.24, 2.45) is 10.7 Å². The lowest BCUT2D eigenvalue weighted by atomic mass is 10.1. The third-order valence-corrected chi connectivity index (χ3v) is 2.34. The lowest BCUT2D eigenvalue weighted by Gasteiger charge is -2.02. The number of amidine groups is 1. The van der Waals surface area contributed by atoms with Crippen molar-refractivity contribution < 1.29 is 4.74 Å². The van der Waals surface area contributed by atoms with Crippen LogP contribution in [0.3, 0.4) is 0 Å². The van der Waals surface area contributed by atoms with Gasteiger partial charge in [0.15, 0.2) is 0 Å². The summed E-state index contributed by atoms with van der Waals surface area (Å²) >= 11 is 0. The Kier molecular flexibility index (Phi) is 10.4. The van der Waals surface area contributed by atoms with Crippen LogP contribution >= 0.6 is 12.4 Å². The van der Waals surface area contributed by atoms with Gasteiger partial charge < -0.3 is 10.5 Å². The monoisotopic (exact) mass is 270 g/mol. The van der Waals surface area contributed by atoms with Gasteiger partial charge in [0.1, 0.15) is 0 Å². The van der Waals surface area contributed by atoms with Gasteiger partial charge in [-0.2, -0.15) is 0 Å². The van der Waals surface area contributed by atoms with Crippen molar-refractivity contribution in [3.05, 3.63) is 35.9 Å². The summed E-state index contributed by atoms with van der Waals surface area (Å²) in [5, 5.41) is 0. The number of hydrogen-bond acceptors (Lipinski definition) is 2. The summed E-state index contributed by atoms with van der Waals surface area (Å²) < 4.78 is 5.37. The van der Waals surface area contributed by atoms with Crippen LogP contribution < -0.4 is 5.73 Å². The minimum Gasteiger partial charge on any atom is -0.387 e. The summed E-state index contributed by atoms with van der Waals surface area (Å²) in [5.41, 5.74) is 7.06. The van der Waals surface area contributed by atoms with Crippen LogP contribution in [0.5, 0.6) is 0 Å². The van der Waals surface area contributed by atoms with Gasteiger partial charge in [-0.05, 0) is 18.4 Å². The van der Waals surface area contributed by atoms with E-state index in [1.807, 2.05) is 18.2 Å². The Bertz CT molecular complexity index is 328. The van der Waals surface area contributed by atoms with Gasteiger partial charge in [-0.1, -0.05) is 37.3 Å². The Morgan fingerprint density at radius 2 is 1.94 bits per heavy atom. The number of nitrogens with zero attached hydrogens (tertiary/aromatic N) is 1. The zero-order valence-electron chi connectivity index (χ0n) is 11.0. The van der Waals surface area contributed by atoms with E-state index in [-0.39, 0.29) is 12.4 Å². The van der Waals surface area contributed by atoms with Crippen molar-refractivity contribution >= 4 is 18.2 Å². The molecule has 3 nitrogen and oxygen atoms in total. The fourth-order valence-corrected chi connectivity index (χ4v) is 1.50. The number of ether oxygens (including phenoxy) is 1. The van der Waals surface area contributed by atoms with Crippen molar-refractivity contribution in [1.29, 1.82) is 0 Å². The second-order valence-corrected chi connectivity index (χ2v) is 4.00. The molecule has 102 valence electrons. The highest BCUT2D eigenvalue weighted by Crippen LogP contribution is 1.99. The molecule has 0 saturated heterocycles. The first-order valence-corrected chi connectivity index (χ1v) is 6.23. The molecule has 0 atom stereocenters. The first kappa shape index (κ1) is 16.9. The van der Waals surface area contributed by atoms with Gasteiger partial charge >= 0.3 is 0 Å². The molecule has 0 aromatic heterocycles. The standard InChI is InChI=1S/C14H22N2O.ClH/c1-2-10-17-11-6-9-16-14(15)12-13-7-4-3-5-8-13;/h3-5,7-8H,2,6,9-12H2,1H3,(H2,15,16);1H. The fourth-order valence-electron chi connectivity index (χ4n) is 1.50. The van der Waals surface area contributed by atoms with E-state index >= 15 is 0 Å². The normalized spacial score (nSPS) is 11.1. The number of aliphatic imine (C=N–C) groups is 1. The number of hydrogen-bond donors (Lipinski definition) is 1. The average Bonchev–Trinajstić information content (AvgIpc) is 2.35. The second kappa shape index (κ2) is 11.1. The molecule has 0 bridgehead atoms. The molecule has 0 spiro atoms. The van der Waals surface area contributed by atoms with Gasteiger partial charge in [-0.15, -0.1) is 12.4 Å². The summed E-state index contributed by atoms with van der Waals surface area (Å²) in [6.45, 7) is 4.47. The molecule has 0 radical (unpaired) electrons. The molecule has 1 aromatic carbocycles. The fraction of sp³-hybridized carbons (Fsp3) is 0.500. The summed E-state index contributed by atoms with van der Waals surface area (Å²) in [6.07, 6.45) is 2.74. The zero-order valence-corrected chi connectivity index (χ0v) is 11.8. The summed E-state index contributed by atoms with van der Waals surface area (Å²) in [4.78, 5) is 4.33. The van der Waals surface area contributed by atoms with E-state index in [0.29, 0.717) is 5.84 Å². The maximum Gasteiger partial charge on any atom is 0.0981 e. The van der Waals surface area contributed by atoms with Gasteiger partial charge in [0.25, 0.3) is 0 Å². The van der Waals surface area contributed by atoms with E-state index in [9.17, 15) is 0 Å². The van der Waals surface area contributed by atoms with Crippen LogP contribution in [-0.2, 0) is 11.2 Å². The molecule has 1 rings (SSSR count). The minimum atomic E-state index is 0. The molecule has 1 aromatic rings. The van der Waals surface area contributed by atoms with E-state index in [0.717, 1.165) is 39.0 Å². The van der Waals surface area contributed by atoms with Crippen molar-refractivity contribution in [1.82, 2.24) is 0 Å². The SMILES string of the molecule is CCCOCCCN=C(N)Cc1ccccc1.Cl. The predicted molar refractivity (Wildman–Crippen MR) is 79.6 cm³/mol. The van der Waals surface area contributed by atoms with Crippen molar-refractivity contribution in [2.45, 2.75) is 26.2 Å². The number of rotatable bonds is 8. The third-order valence-electron chi connectivity index (χ3n) is 2.34. The molecule has 0 aliphatic rings. The van der Waals surface area contributed by atoms with Gasteiger partial charge in [-0.3, -0.25) is 4.99 Å². The predicted octanol–water partition coefficient (Wildman–Crippen LogP) is 2.82. The minimum absolute atomic E-state index is 0. The smallest absolute Gasteiger partial charge is 0.0981 e. The third kappa shape index (κ3) is 8.09. The van der Waals surface area contributed by atoms with E-state index in [4.69, 9.17) is 10.5 Å². The molecule has 0 aliphatic heterocycles. The molecule has 0 unspecified atom stereocenters. The van der Waals surface area contributed by atoms with Crippen LogP contribution in [0.2, 0.25) is 0 Å². The van der Waals surface area contributed by atoms with E-state index in [1.165, 1.54) is 5.56 Å². The largest absolute Gasteiger partial charge is 0.387 e. The van der Waals surface area contributed by atoms with Crippen LogP contribution in [0, 0.1) is 0 Å². The number of halogens is 1. The van der Waals surface area contributed by atoms with Crippen molar-refractivity contribution in [2.75, 3.05) is 19.8 Å². The molecule has 0 heterocycles. The van der Waals surface area contributed by atoms with E-state index in [1.54, 1.807) is 0 Å². The first-order chi connectivity index (χ1) is 8.33. The topological polar surface area (TPSA) is 47.6 Å².